The molecule has 1 aromatic heterocycles. The molecule has 0 spiro atoms. The molecule has 2 amide bonds. The van der Waals surface area contributed by atoms with E-state index in [2.05, 4.69) is 0 Å². The van der Waals surface area contributed by atoms with Gasteiger partial charge in [0, 0.05) is 6.42 Å². The van der Waals surface area contributed by atoms with Gasteiger partial charge < -0.3 is 5.73 Å². The van der Waals surface area contributed by atoms with E-state index in [-0.39, 0.29) is 22.1 Å². The van der Waals surface area contributed by atoms with Crippen molar-refractivity contribution < 1.29 is 18.0 Å². The van der Waals surface area contributed by atoms with Gasteiger partial charge in [-0.15, -0.1) is 11.3 Å². The topological polar surface area (TPSA) is 106 Å². The van der Waals surface area contributed by atoms with Crippen LogP contribution < -0.4 is 10.5 Å². The van der Waals surface area contributed by atoms with Gasteiger partial charge in [0.25, 0.3) is 15.9 Å². The van der Waals surface area contributed by atoms with Gasteiger partial charge in [-0.1, -0.05) is 20.8 Å². The highest BCUT2D eigenvalue weighted by Gasteiger charge is 2.25. The number of nitrogens with two attached hydrogens (primary N) is 1. The second kappa shape index (κ2) is 7.04. The van der Waals surface area contributed by atoms with Crippen molar-refractivity contribution in [2.24, 2.45) is 17.6 Å². The van der Waals surface area contributed by atoms with E-state index in [1.54, 1.807) is 0 Å². The molecule has 1 rings (SSSR count). The van der Waals surface area contributed by atoms with Crippen LogP contribution in [0.3, 0.4) is 0 Å². The molecular formula is C13H20N2O4S2. The smallest absolute Gasteiger partial charge is 0.265 e. The van der Waals surface area contributed by atoms with Crippen LogP contribution in [-0.4, -0.2) is 20.2 Å². The van der Waals surface area contributed by atoms with Crippen molar-refractivity contribution >= 4 is 33.2 Å². The molecule has 0 aromatic carbocycles. The minimum atomic E-state index is -4.06. The molecule has 0 aliphatic rings. The fourth-order valence-corrected chi connectivity index (χ4v) is 4.42. The molecule has 0 aliphatic carbocycles. The van der Waals surface area contributed by atoms with Crippen molar-refractivity contribution in [3.8, 4) is 0 Å². The molecular weight excluding hydrogens is 312 g/mol. The maximum atomic E-state index is 12.1. The summed E-state index contributed by atoms with van der Waals surface area (Å²) in [5.41, 5.74) is 5.12. The van der Waals surface area contributed by atoms with Gasteiger partial charge in [-0.25, -0.2) is 13.1 Å². The number of carbonyl (C=O) groups excluding carboxylic acids is 2. The number of hydrogen-bond acceptors (Lipinski definition) is 5. The zero-order chi connectivity index (χ0) is 16.2. The number of rotatable bonds is 7. The van der Waals surface area contributed by atoms with E-state index < -0.39 is 21.8 Å². The molecule has 3 N–H and O–H groups in total. The molecule has 0 fully saturated rings. The second-order valence-electron chi connectivity index (χ2n) is 5.45. The number of primary amides is 1. The van der Waals surface area contributed by atoms with Gasteiger partial charge in [0.05, 0.1) is 0 Å². The van der Waals surface area contributed by atoms with Crippen LogP contribution in [0.5, 0.6) is 0 Å². The fraction of sp³-hybridized carbons (Fsp3) is 0.538. The van der Waals surface area contributed by atoms with Gasteiger partial charge in [-0.05, 0) is 29.7 Å². The molecule has 1 heterocycles. The Morgan fingerprint density at radius 3 is 2.48 bits per heavy atom. The SMILES string of the molecule is CC(C)CC(C)CC(=O)NS(=O)(=O)c1ccsc1C(N)=O. The predicted molar refractivity (Wildman–Crippen MR) is 81.4 cm³/mol. The highest BCUT2D eigenvalue weighted by Crippen LogP contribution is 2.21. The third-order valence-corrected chi connectivity index (χ3v) is 5.27. The van der Waals surface area contributed by atoms with Crippen LogP contribution in [0.15, 0.2) is 16.3 Å². The first-order valence-corrected chi connectivity index (χ1v) is 8.92. The lowest BCUT2D eigenvalue weighted by atomic mass is 9.96. The summed E-state index contributed by atoms with van der Waals surface area (Å²) in [6.45, 7) is 5.97. The molecule has 21 heavy (non-hydrogen) atoms. The Morgan fingerprint density at radius 1 is 1.33 bits per heavy atom. The van der Waals surface area contributed by atoms with Crippen molar-refractivity contribution in [3.05, 3.63) is 16.3 Å². The van der Waals surface area contributed by atoms with Crippen LogP contribution in [0.2, 0.25) is 0 Å². The molecule has 8 heteroatoms. The first kappa shape index (κ1) is 17.6. The molecule has 0 saturated heterocycles. The van der Waals surface area contributed by atoms with E-state index >= 15 is 0 Å². The van der Waals surface area contributed by atoms with E-state index in [9.17, 15) is 18.0 Å². The monoisotopic (exact) mass is 332 g/mol. The van der Waals surface area contributed by atoms with E-state index in [0.717, 1.165) is 17.8 Å². The van der Waals surface area contributed by atoms with Gasteiger partial charge in [-0.3, -0.25) is 9.59 Å². The Labute approximate surface area is 128 Å². The molecule has 0 radical (unpaired) electrons. The first-order chi connectivity index (χ1) is 9.63. The highest BCUT2D eigenvalue weighted by molar-refractivity contribution is 7.90. The van der Waals surface area contributed by atoms with Crippen LogP contribution in [0.1, 0.15) is 43.3 Å². The summed E-state index contributed by atoms with van der Waals surface area (Å²) in [5.74, 6) is -0.892. The molecule has 1 unspecified atom stereocenters. The van der Waals surface area contributed by atoms with Crippen molar-refractivity contribution in [2.75, 3.05) is 0 Å². The summed E-state index contributed by atoms with van der Waals surface area (Å²) < 4.78 is 26.2. The Balaban J connectivity index is 2.79. The molecule has 1 atom stereocenters. The van der Waals surface area contributed by atoms with Crippen molar-refractivity contribution in [2.45, 2.75) is 38.5 Å². The lowest BCUT2D eigenvalue weighted by Crippen LogP contribution is -2.32. The average molecular weight is 332 g/mol. The Hall–Kier alpha value is -1.41. The normalized spacial score (nSPS) is 13.1. The predicted octanol–water partition coefficient (Wildman–Crippen LogP) is 1.72. The van der Waals surface area contributed by atoms with E-state index in [1.165, 1.54) is 11.4 Å². The van der Waals surface area contributed by atoms with Crippen LogP contribution in [0, 0.1) is 11.8 Å². The summed E-state index contributed by atoms with van der Waals surface area (Å²) in [5, 5.41) is 1.44. The molecule has 0 bridgehead atoms. The number of sulfonamides is 1. The number of carbonyl (C=O) groups is 2. The number of amides is 2. The standard InChI is InChI=1S/C13H20N2O4S2/c1-8(2)6-9(3)7-11(16)15-21(18,19)10-4-5-20-12(10)13(14)17/h4-5,8-9H,6-7H2,1-3H3,(H2,14,17)(H,15,16). The largest absolute Gasteiger partial charge is 0.365 e. The average Bonchev–Trinajstić information content (AvgIpc) is 2.75. The maximum absolute atomic E-state index is 12.1. The summed E-state index contributed by atoms with van der Waals surface area (Å²) in [6, 6.07) is 1.26. The molecule has 0 saturated carbocycles. The molecule has 0 aliphatic heterocycles. The van der Waals surface area contributed by atoms with Gasteiger partial charge in [-0.2, -0.15) is 0 Å². The van der Waals surface area contributed by atoms with Crippen LogP contribution in [-0.2, 0) is 14.8 Å². The van der Waals surface area contributed by atoms with Gasteiger partial charge in [0.1, 0.15) is 9.77 Å². The van der Waals surface area contributed by atoms with E-state index in [1.807, 2.05) is 25.5 Å². The van der Waals surface area contributed by atoms with Gasteiger partial charge in [0.15, 0.2) is 0 Å². The van der Waals surface area contributed by atoms with Crippen molar-refractivity contribution in [1.82, 2.24) is 4.72 Å². The highest BCUT2D eigenvalue weighted by atomic mass is 32.2. The van der Waals surface area contributed by atoms with Crippen molar-refractivity contribution in [1.29, 1.82) is 0 Å². The maximum Gasteiger partial charge on any atom is 0.265 e. The minimum absolute atomic E-state index is 0.0782. The summed E-state index contributed by atoms with van der Waals surface area (Å²) >= 11 is 0.929. The third-order valence-electron chi connectivity index (χ3n) is 2.80. The van der Waals surface area contributed by atoms with Crippen LogP contribution >= 0.6 is 11.3 Å². The Kier molecular flexibility index (Phi) is 5.91. The zero-order valence-electron chi connectivity index (χ0n) is 12.3. The lowest BCUT2D eigenvalue weighted by molar-refractivity contribution is -0.120. The Morgan fingerprint density at radius 2 is 1.95 bits per heavy atom. The minimum Gasteiger partial charge on any atom is -0.365 e. The molecule has 1 aromatic rings. The molecule has 6 nitrogen and oxygen atoms in total. The summed E-state index contributed by atoms with van der Waals surface area (Å²) in [4.78, 5) is 22.7. The van der Waals surface area contributed by atoms with E-state index in [0.29, 0.717) is 5.92 Å². The Bertz CT molecular complexity index is 620. The van der Waals surface area contributed by atoms with Gasteiger partial charge in [0.2, 0.25) is 5.91 Å². The summed E-state index contributed by atoms with van der Waals surface area (Å²) in [6.07, 6.45) is 0.950. The summed E-state index contributed by atoms with van der Waals surface area (Å²) in [7, 11) is -4.06. The lowest BCUT2D eigenvalue weighted by Gasteiger charge is -2.13. The quantitative estimate of drug-likeness (QED) is 0.793. The first-order valence-electron chi connectivity index (χ1n) is 6.56. The zero-order valence-corrected chi connectivity index (χ0v) is 13.9. The molecule has 118 valence electrons. The third kappa shape index (κ3) is 5.13. The van der Waals surface area contributed by atoms with Crippen LogP contribution in [0.4, 0.5) is 0 Å². The van der Waals surface area contributed by atoms with Gasteiger partial charge >= 0.3 is 0 Å². The second-order valence-corrected chi connectivity index (χ2v) is 8.01. The fourth-order valence-electron chi connectivity index (χ4n) is 2.14. The number of nitrogens with one attached hydrogen (secondary N) is 1. The van der Waals surface area contributed by atoms with Crippen LogP contribution in [0.25, 0.3) is 0 Å². The number of thiophene rings is 1. The van der Waals surface area contributed by atoms with Crippen molar-refractivity contribution in [3.63, 3.8) is 0 Å². The number of hydrogen-bond donors (Lipinski definition) is 2. The van der Waals surface area contributed by atoms with E-state index in [4.69, 9.17) is 5.73 Å².